The van der Waals surface area contributed by atoms with E-state index in [-0.39, 0.29) is 24.8 Å². The lowest BCUT2D eigenvalue weighted by Gasteiger charge is -2.32. The Balaban J connectivity index is 1.32. The molecule has 0 bridgehead atoms. The minimum absolute atomic E-state index is 0.0100. The van der Waals surface area contributed by atoms with E-state index in [1.165, 1.54) is 5.56 Å². The third-order valence-corrected chi connectivity index (χ3v) is 5.80. The second kappa shape index (κ2) is 8.78. The normalized spacial score (nSPS) is 16.9. The van der Waals surface area contributed by atoms with E-state index in [4.69, 9.17) is 9.47 Å². The van der Waals surface area contributed by atoms with Crippen molar-refractivity contribution in [1.82, 2.24) is 4.90 Å². The van der Waals surface area contributed by atoms with Crippen LogP contribution in [0.4, 0.5) is 5.69 Å². The number of nitrogens with one attached hydrogen (secondary N) is 1. The number of nitrogens with zero attached hydrogens (tertiary/aromatic N) is 1. The number of ether oxygens (including phenoxy) is 2. The van der Waals surface area contributed by atoms with Crippen molar-refractivity contribution in [3.8, 4) is 11.5 Å². The van der Waals surface area contributed by atoms with Crippen LogP contribution in [0.1, 0.15) is 34.3 Å². The number of aryl methyl sites for hydroxylation is 2. The molecule has 0 spiro atoms. The highest BCUT2D eigenvalue weighted by Crippen LogP contribution is 2.29. The second-order valence-electron chi connectivity index (χ2n) is 8.21. The van der Waals surface area contributed by atoms with Gasteiger partial charge in [-0.05, 0) is 62.4 Å². The number of benzene rings is 2. The molecule has 1 saturated heterocycles. The van der Waals surface area contributed by atoms with Gasteiger partial charge >= 0.3 is 0 Å². The molecule has 6 nitrogen and oxygen atoms in total. The molecule has 0 aliphatic carbocycles. The molecular weight excluding hydrogens is 380 g/mol. The van der Waals surface area contributed by atoms with E-state index < -0.39 is 0 Å². The number of ketones is 1. The number of anilines is 1. The Hall–Kier alpha value is -3.02. The van der Waals surface area contributed by atoms with E-state index in [0.29, 0.717) is 29.5 Å². The summed E-state index contributed by atoms with van der Waals surface area (Å²) in [5.41, 5.74) is 3.70. The highest BCUT2D eigenvalue weighted by molar-refractivity contribution is 5.96. The standard InChI is InChI=1S/C24H28N2O4/c1-16-3-5-22(17(2)11-16)29-14-18-7-9-26(10-8-18)24(28)19-4-6-23-21(12-19)25-13-20(27)15-30-23/h3-6,11-12,18,25H,7-10,13-15H2,1-2H3. The smallest absolute Gasteiger partial charge is 0.253 e. The first-order valence-corrected chi connectivity index (χ1v) is 10.5. The third-order valence-electron chi connectivity index (χ3n) is 5.80. The molecule has 2 aromatic rings. The van der Waals surface area contributed by atoms with Gasteiger partial charge in [-0.2, -0.15) is 0 Å². The van der Waals surface area contributed by atoms with E-state index in [9.17, 15) is 9.59 Å². The van der Waals surface area contributed by atoms with Crippen LogP contribution in [0.5, 0.6) is 11.5 Å². The third kappa shape index (κ3) is 4.58. The van der Waals surface area contributed by atoms with Gasteiger partial charge in [-0.15, -0.1) is 0 Å². The first-order chi connectivity index (χ1) is 14.5. The lowest BCUT2D eigenvalue weighted by Crippen LogP contribution is -2.39. The van der Waals surface area contributed by atoms with Crippen molar-refractivity contribution in [3.05, 3.63) is 53.1 Å². The molecule has 0 aromatic heterocycles. The Bertz CT molecular complexity index is 948. The molecule has 4 rings (SSSR count). The van der Waals surface area contributed by atoms with Gasteiger partial charge in [-0.1, -0.05) is 17.7 Å². The van der Waals surface area contributed by atoms with Gasteiger partial charge in [-0.25, -0.2) is 0 Å². The van der Waals surface area contributed by atoms with Crippen molar-refractivity contribution in [2.45, 2.75) is 26.7 Å². The van der Waals surface area contributed by atoms with Crippen molar-refractivity contribution in [1.29, 1.82) is 0 Å². The number of hydrogen-bond donors (Lipinski definition) is 1. The largest absolute Gasteiger partial charge is 0.493 e. The molecule has 2 aliphatic rings. The van der Waals surface area contributed by atoms with Crippen LogP contribution in [-0.2, 0) is 4.79 Å². The summed E-state index contributed by atoms with van der Waals surface area (Å²) < 4.78 is 11.5. The van der Waals surface area contributed by atoms with Gasteiger partial charge in [0, 0.05) is 18.7 Å². The molecule has 30 heavy (non-hydrogen) atoms. The Morgan fingerprint density at radius 3 is 2.73 bits per heavy atom. The number of Topliss-reactive ketones (excluding diaryl/α,β-unsaturated/α-hetero) is 1. The summed E-state index contributed by atoms with van der Waals surface area (Å²) in [5.74, 6) is 2.01. The molecular formula is C24H28N2O4. The highest BCUT2D eigenvalue weighted by Gasteiger charge is 2.25. The average molecular weight is 408 g/mol. The molecule has 2 heterocycles. The van der Waals surface area contributed by atoms with Gasteiger partial charge < -0.3 is 19.7 Å². The van der Waals surface area contributed by atoms with Crippen LogP contribution in [0.25, 0.3) is 0 Å². The maximum Gasteiger partial charge on any atom is 0.253 e. The Morgan fingerprint density at radius 2 is 1.97 bits per heavy atom. The fourth-order valence-electron chi connectivity index (χ4n) is 3.98. The van der Waals surface area contributed by atoms with E-state index in [1.54, 1.807) is 18.2 Å². The monoisotopic (exact) mass is 408 g/mol. The van der Waals surface area contributed by atoms with Gasteiger partial charge in [0.15, 0.2) is 5.78 Å². The zero-order chi connectivity index (χ0) is 21.1. The first kappa shape index (κ1) is 20.3. The van der Waals surface area contributed by atoms with Gasteiger partial charge in [0.2, 0.25) is 0 Å². The van der Waals surface area contributed by atoms with E-state index >= 15 is 0 Å². The summed E-state index contributed by atoms with van der Waals surface area (Å²) >= 11 is 0. The van der Waals surface area contributed by atoms with Crippen molar-refractivity contribution >= 4 is 17.4 Å². The molecule has 1 fully saturated rings. The summed E-state index contributed by atoms with van der Waals surface area (Å²) in [7, 11) is 0. The number of piperidine rings is 1. The second-order valence-corrected chi connectivity index (χ2v) is 8.21. The molecule has 0 unspecified atom stereocenters. The summed E-state index contributed by atoms with van der Waals surface area (Å²) in [6.07, 6.45) is 1.86. The summed E-state index contributed by atoms with van der Waals surface area (Å²) in [6, 6.07) is 11.6. The molecule has 0 saturated carbocycles. The minimum atomic E-state index is -0.0100. The van der Waals surface area contributed by atoms with Crippen LogP contribution in [-0.4, -0.2) is 49.4 Å². The lowest BCUT2D eigenvalue weighted by atomic mass is 9.97. The highest BCUT2D eigenvalue weighted by atomic mass is 16.5. The maximum atomic E-state index is 13.0. The number of amides is 1. The lowest BCUT2D eigenvalue weighted by molar-refractivity contribution is -0.119. The Morgan fingerprint density at radius 1 is 1.17 bits per heavy atom. The zero-order valence-electron chi connectivity index (χ0n) is 17.6. The van der Waals surface area contributed by atoms with Crippen molar-refractivity contribution < 1.29 is 19.1 Å². The Labute approximate surface area is 177 Å². The van der Waals surface area contributed by atoms with E-state index in [1.807, 2.05) is 11.0 Å². The topological polar surface area (TPSA) is 67.9 Å². The average Bonchev–Trinajstić information content (AvgIpc) is 2.94. The van der Waals surface area contributed by atoms with Gasteiger partial charge in [-0.3, -0.25) is 9.59 Å². The van der Waals surface area contributed by atoms with Crippen LogP contribution < -0.4 is 14.8 Å². The number of carbonyl (C=O) groups is 2. The van der Waals surface area contributed by atoms with Crippen LogP contribution in [0.15, 0.2) is 36.4 Å². The predicted octanol–water partition coefficient (Wildman–Crippen LogP) is 3.61. The molecule has 158 valence electrons. The molecule has 2 aromatic carbocycles. The van der Waals surface area contributed by atoms with Crippen molar-refractivity contribution in [2.75, 3.05) is 38.2 Å². The predicted molar refractivity (Wildman–Crippen MR) is 115 cm³/mol. The first-order valence-electron chi connectivity index (χ1n) is 10.5. The number of likely N-dealkylation sites (tertiary alicyclic amines) is 1. The van der Waals surface area contributed by atoms with Crippen LogP contribution >= 0.6 is 0 Å². The fraction of sp³-hybridized carbons (Fsp3) is 0.417. The molecule has 0 radical (unpaired) electrons. The van der Waals surface area contributed by atoms with Crippen LogP contribution in [0.3, 0.4) is 0 Å². The number of carbonyl (C=O) groups excluding carboxylic acids is 2. The molecule has 1 amide bonds. The number of hydrogen-bond acceptors (Lipinski definition) is 5. The van der Waals surface area contributed by atoms with Gasteiger partial charge in [0.1, 0.15) is 18.1 Å². The molecule has 0 atom stereocenters. The van der Waals surface area contributed by atoms with Crippen LogP contribution in [0.2, 0.25) is 0 Å². The molecule has 2 aliphatic heterocycles. The maximum absolute atomic E-state index is 13.0. The molecule has 6 heteroatoms. The quantitative estimate of drug-likeness (QED) is 0.837. The number of fused-ring (bicyclic) bond motifs is 1. The van der Waals surface area contributed by atoms with Crippen molar-refractivity contribution in [3.63, 3.8) is 0 Å². The van der Waals surface area contributed by atoms with Crippen molar-refractivity contribution in [2.24, 2.45) is 5.92 Å². The summed E-state index contributed by atoms with van der Waals surface area (Å²) in [6.45, 7) is 6.55. The van der Waals surface area contributed by atoms with Gasteiger partial charge in [0.05, 0.1) is 18.8 Å². The summed E-state index contributed by atoms with van der Waals surface area (Å²) in [5, 5.41) is 3.06. The summed E-state index contributed by atoms with van der Waals surface area (Å²) in [4.78, 5) is 26.4. The van der Waals surface area contributed by atoms with E-state index in [0.717, 1.165) is 37.2 Å². The Kier molecular flexibility index (Phi) is 5.93. The number of rotatable bonds is 4. The zero-order valence-corrected chi connectivity index (χ0v) is 17.6. The fourth-order valence-corrected chi connectivity index (χ4v) is 3.98. The molecule has 1 N–H and O–H groups in total. The van der Waals surface area contributed by atoms with Gasteiger partial charge in [0.25, 0.3) is 5.91 Å². The SMILES string of the molecule is Cc1ccc(OCC2CCN(C(=O)c3ccc4c(c3)NCC(=O)CO4)CC2)c(C)c1. The minimum Gasteiger partial charge on any atom is -0.493 e. The van der Waals surface area contributed by atoms with E-state index in [2.05, 4.69) is 31.3 Å². The van der Waals surface area contributed by atoms with Crippen LogP contribution in [0, 0.1) is 19.8 Å².